The van der Waals surface area contributed by atoms with E-state index in [-0.39, 0.29) is 0 Å². The minimum atomic E-state index is 0.731. The minimum Gasteiger partial charge on any atom is -0.357 e. The molecule has 1 saturated heterocycles. The van der Waals surface area contributed by atoms with Crippen LogP contribution in [0.1, 0.15) is 19.3 Å². The van der Waals surface area contributed by atoms with Crippen LogP contribution in [0.4, 0.5) is 5.82 Å². The summed E-state index contributed by atoms with van der Waals surface area (Å²) in [5.41, 5.74) is 3.14. The van der Waals surface area contributed by atoms with Gasteiger partial charge in [0, 0.05) is 36.4 Å². The highest BCUT2D eigenvalue weighted by molar-refractivity contribution is 6.35. The third kappa shape index (κ3) is 2.89. The van der Waals surface area contributed by atoms with Gasteiger partial charge in [-0.25, -0.2) is 4.98 Å². The zero-order chi connectivity index (χ0) is 15.6. The third-order valence-electron chi connectivity index (χ3n) is 4.45. The van der Waals surface area contributed by atoms with Crippen LogP contribution in [0, 0.1) is 0 Å². The zero-order valence-electron chi connectivity index (χ0n) is 12.9. The summed E-state index contributed by atoms with van der Waals surface area (Å²) in [6.45, 7) is 2.23. The highest BCUT2D eigenvalue weighted by Crippen LogP contribution is 2.28. The topological polar surface area (TPSA) is 29.0 Å². The van der Waals surface area contributed by atoms with Crippen LogP contribution < -0.4 is 4.90 Å². The molecule has 0 N–H and O–H groups in total. The monoisotopic (exact) mass is 323 g/mol. The standard InChI is InChI=1S/C19H18ClN3/c20-17-8-9-21-18-6-4-14(12-16(17)18)15-5-7-19(22-13-15)23-10-2-1-3-11-23/h4-9,12-13H,1-3,10-11H2. The van der Waals surface area contributed by atoms with Gasteiger partial charge < -0.3 is 4.90 Å². The minimum absolute atomic E-state index is 0.731. The van der Waals surface area contributed by atoms with Gasteiger partial charge in [-0.3, -0.25) is 4.98 Å². The molecule has 1 aliphatic heterocycles. The van der Waals surface area contributed by atoms with E-state index in [9.17, 15) is 0 Å². The Morgan fingerprint density at radius 2 is 1.70 bits per heavy atom. The Hall–Kier alpha value is -2.13. The number of fused-ring (bicyclic) bond motifs is 1. The number of pyridine rings is 2. The second kappa shape index (κ2) is 6.17. The number of piperidine rings is 1. The lowest BCUT2D eigenvalue weighted by atomic mass is 10.0. The van der Waals surface area contributed by atoms with Crippen molar-refractivity contribution in [3.05, 3.63) is 53.8 Å². The lowest BCUT2D eigenvalue weighted by molar-refractivity contribution is 0.573. The number of nitrogens with zero attached hydrogens (tertiary/aromatic N) is 3. The molecule has 3 nitrogen and oxygen atoms in total. The molecule has 0 saturated carbocycles. The first-order chi connectivity index (χ1) is 11.3. The molecule has 1 aliphatic rings. The molecule has 3 aromatic rings. The average molecular weight is 324 g/mol. The largest absolute Gasteiger partial charge is 0.357 e. The maximum atomic E-state index is 6.28. The third-order valence-corrected chi connectivity index (χ3v) is 4.78. The lowest BCUT2D eigenvalue weighted by Gasteiger charge is -2.27. The smallest absolute Gasteiger partial charge is 0.128 e. The molecule has 2 aromatic heterocycles. The lowest BCUT2D eigenvalue weighted by Crippen LogP contribution is -2.29. The Balaban J connectivity index is 1.66. The van der Waals surface area contributed by atoms with Crippen LogP contribution >= 0.6 is 11.6 Å². The molecule has 3 heterocycles. The maximum Gasteiger partial charge on any atom is 0.128 e. The van der Waals surface area contributed by atoms with Gasteiger partial charge in [-0.05, 0) is 55.2 Å². The van der Waals surface area contributed by atoms with E-state index in [1.54, 1.807) is 6.20 Å². The van der Waals surface area contributed by atoms with E-state index in [0.29, 0.717) is 0 Å². The van der Waals surface area contributed by atoms with Crippen molar-refractivity contribution in [2.24, 2.45) is 0 Å². The Labute approximate surface area is 140 Å². The highest BCUT2D eigenvalue weighted by atomic mass is 35.5. The molecule has 0 amide bonds. The van der Waals surface area contributed by atoms with Gasteiger partial charge in [0.15, 0.2) is 0 Å². The highest BCUT2D eigenvalue weighted by Gasteiger charge is 2.12. The van der Waals surface area contributed by atoms with Gasteiger partial charge in [0.2, 0.25) is 0 Å². The average Bonchev–Trinajstić information content (AvgIpc) is 2.63. The fourth-order valence-electron chi connectivity index (χ4n) is 3.16. The van der Waals surface area contributed by atoms with Crippen molar-refractivity contribution in [2.45, 2.75) is 19.3 Å². The fourth-order valence-corrected chi connectivity index (χ4v) is 3.37. The van der Waals surface area contributed by atoms with Gasteiger partial charge in [-0.2, -0.15) is 0 Å². The number of benzene rings is 1. The molecule has 4 rings (SSSR count). The molecule has 0 aliphatic carbocycles. The Bertz CT molecular complexity index is 824. The van der Waals surface area contributed by atoms with Crippen LogP contribution in [-0.4, -0.2) is 23.1 Å². The van der Waals surface area contributed by atoms with Crippen molar-refractivity contribution in [3.63, 3.8) is 0 Å². The number of hydrogen-bond acceptors (Lipinski definition) is 3. The molecule has 0 spiro atoms. The normalized spacial score (nSPS) is 15.1. The van der Waals surface area contributed by atoms with Crippen LogP contribution in [-0.2, 0) is 0 Å². The molecule has 0 unspecified atom stereocenters. The summed E-state index contributed by atoms with van der Waals surface area (Å²) in [7, 11) is 0. The first kappa shape index (κ1) is 14.5. The van der Waals surface area contributed by atoms with Crippen LogP contribution in [0.5, 0.6) is 0 Å². The first-order valence-corrected chi connectivity index (χ1v) is 8.45. The Kier molecular flexibility index (Phi) is 3.88. The molecule has 0 radical (unpaired) electrons. The molecule has 1 fully saturated rings. The molecule has 0 bridgehead atoms. The molecular formula is C19H18ClN3. The van der Waals surface area contributed by atoms with Crippen molar-refractivity contribution in [1.82, 2.24) is 9.97 Å². The number of halogens is 1. The van der Waals surface area contributed by atoms with E-state index in [1.165, 1.54) is 19.3 Å². The van der Waals surface area contributed by atoms with E-state index in [0.717, 1.165) is 46.0 Å². The van der Waals surface area contributed by atoms with Crippen molar-refractivity contribution in [2.75, 3.05) is 18.0 Å². The van der Waals surface area contributed by atoms with E-state index in [1.807, 2.05) is 18.3 Å². The summed E-state index contributed by atoms with van der Waals surface area (Å²) >= 11 is 6.28. The molecule has 116 valence electrons. The molecule has 1 aromatic carbocycles. The summed E-state index contributed by atoms with van der Waals surface area (Å²) in [4.78, 5) is 11.4. The summed E-state index contributed by atoms with van der Waals surface area (Å²) in [6.07, 6.45) is 7.55. The number of anilines is 1. The Morgan fingerprint density at radius 3 is 2.48 bits per heavy atom. The number of rotatable bonds is 2. The van der Waals surface area contributed by atoms with Crippen molar-refractivity contribution in [1.29, 1.82) is 0 Å². The van der Waals surface area contributed by atoms with Crippen molar-refractivity contribution in [3.8, 4) is 11.1 Å². The molecular weight excluding hydrogens is 306 g/mol. The Morgan fingerprint density at radius 1 is 0.870 bits per heavy atom. The van der Waals surface area contributed by atoms with Crippen molar-refractivity contribution >= 4 is 28.3 Å². The van der Waals surface area contributed by atoms with Crippen LogP contribution in [0.15, 0.2) is 48.8 Å². The van der Waals surface area contributed by atoms with Gasteiger partial charge in [0.05, 0.1) is 10.5 Å². The summed E-state index contributed by atoms with van der Waals surface area (Å²) in [5.74, 6) is 1.08. The zero-order valence-corrected chi connectivity index (χ0v) is 13.6. The second-order valence-corrected chi connectivity index (χ2v) is 6.38. The van der Waals surface area contributed by atoms with Crippen LogP contribution in [0.2, 0.25) is 5.02 Å². The van der Waals surface area contributed by atoms with E-state index >= 15 is 0 Å². The maximum absolute atomic E-state index is 6.28. The van der Waals surface area contributed by atoms with Gasteiger partial charge in [0.25, 0.3) is 0 Å². The van der Waals surface area contributed by atoms with E-state index in [4.69, 9.17) is 11.6 Å². The second-order valence-electron chi connectivity index (χ2n) is 5.98. The summed E-state index contributed by atoms with van der Waals surface area (Å²) < 4.78 is 0. The van der Waals surface area contributed by atoms with E-state index < -0.39 is 0 Å². The van der Waals surface area contributed by atoms with Gasteiger partial charge >= 0.3 is 0 Å². The quantitative estimate of drug-likeness (QED) is 0.669. The molecule has 0 atom stereocenters. The van der Waals surface area contributed by atoms with Crippen molar-refractivity contribution < 1.29 is 0 Å². The number of hydrogen-bond donors (Lipinski definition) is 0. The molecule has 23 heavy (non-hydrogen) atoms. The van der Waals surface area contributed by atoms with E-state index in [2.05, 4.69) is 39.1 Å². The predicted molar refractivity (Wildman–Crippen MR) is 96.0 cm³/mol. The number of aromatic nitrogens is 2. The van der Waals surface area contributed by atoms with Gasteiger partial charge in [-0.15, -0.1) is 0 Å². The van der Waals surface area contributed by atoms with Gasteiger partial charge in [0.1, 0.15) is 5.82 Å². The van der Waals surface area contributed by atoms with Gasteiger partial charge in [-0.1, -0.05) is 17.7 Å². The summed E-state index contributed by atoms with van der Waals surface area (Å²) in [6, 6.07) is 12.3. The SMILES string of the molecule is Clc1ccnc2ccc(-c3ccc(N4CCCCC4)nc3)cc12. The molecule has 4 heteroatoms. The van der Waals surface area contributed by atoms with Crippen LogP contribution in [0.25, 0.3) is 22.0 Å². The fraction of sp³-hybridized carbons (Fsp3) is 0.263. The predicted octanol–water partition coefficient (Wildman–Crippen LogP) is 4.94. The summed E-state index contributed by atoms with van der Waals surface area (Å²) in [5, 5.41) is 1.71. The van der Waals surface area contributed by atoms with Crippen LogP contribution in [0.3, 0.4) is 0 Å². The first-order valence-electron chi connectivity index (χ1n) is 8.07.